The number of nitrogens with two attached hydrogens (primary N) is 1. The Labute approximate surface area is 169 Å². The zero-order chi connectivity index (χ0) is 17.2. The van der Waals surface area contributed by atoms with Crippen molar-refractivity contribution < 1.29 is 9.18 Å². The lowest BCUT2D eigenvalue weighted by Gasteiger charge is -2.22. The number of amides is 1. The van der Waals surface area contributed by atoms with Crippen molar-refractivity contribution in [2.24, 2.45) is 5.73 Å². The molecule has 0 atom stereocenters. The van der Waals surface area contributed by atoms with Crippen LogP contribution in [0.25, 0.3) is 0 Å². The second kappa shape index (κ2) is 14.2. The molecule has 1 amide bonds. The van der Waals surface area contributed by atoms with Crippen LogP contribution in [-0.4, -0.2) is 48.4 Å². The third-order valence-electron chi connectivity index (χ3n) is 4.61. The molecular formula is C19H32Cl2FN3O. The Morgan fingerprint density at radius 1 is 0.962 bits per heavy atom. The van der Waals surface area contributed by atoms with E-state index in [1.807, 2.05) is 17.0 Å². The van der Waals surface area contributed by atoms with Gasteiger partial charge in [-0.15, -0.1) is 24.8 Å². The first kappa shape index (κ1) is 25.1. The lowest BCUT2D eigenvalue weighted by Crippen LogP contribution is -2.34. The summed E-state index contributed by atoms with van der Waals surface area (Å²) in [6.45, 7) is 5.07. The average Bonchev–Trinajstić information content (AvgIpc) is 2.82. The van der Waals surface area contributed by atoms with Gasteiger partial charge in [0.05, 0.1) is 0 Å². The first-order valence-electron chi connectivity index (χ1n) is 9.13. The lowest BCUT2D eigenvalue weighted by molar-refractivity contribution is -0.131. The van der Waals surface area contributed by atoms with Crippen LogP contribution in [0.2, 0.25) is 0 Å². The van der Waals surface area contributed by atoms with Crippen LogP contribution in [0.5, 0.6) is 0 Å². The number of carbonyl (C=O) groups excluding carboxylic acids is 1. The highest BCUT2D eigenvalue weighted by Crippen LogP contribution is 2.12. The van der Waals surface area contributed by atoms with Gasteiger partial charge in [-0.2, -0.15) is 0 Å². The SMILES string of the molecule is Cl.Cl.NCCCCCCC(=O)N1CCCN(Cc2ccc(F)cc2)CC1. The summed E-state index contributed by atoms with van der Waals surface area (Å²) < 4.78 is 13.0. The molecule has 26 heavy (non-hydrogen) atoms. The monoisotopic (exact) mass is 407 g/mol. The van der Waals surface area contributed by atoms with Crippen molar-refractivity contribution in [3.8, 4) is 0 Å². The fourth-order valence-electron chi connectivity index (χ4n) is 3.16. The lowest BCUT2D eigenvalue weighted by atomic mass is 10.1. The second-order valence-electron chi connectivity index (χ2n) is 6.59. The Hall–Kier alpha value is -0.880. The van der Waals surface area contributed by atoms with E-state index in [9.17, 15) is 9.18 Å². The molecule has 0 saturated carbocycles. The molecule has 2 rings (SSSR count). The van der Waals surface area contributed by atoms with E-state index in [-0.39, 0.29) is 36.5 Å². The first-order chi connectivity index (χ1) is 11.7. The number of halogens is 3. The summed E-state index contributed by atoms with van der Waals surface area (Å²) >= 11 is 0. The van der Waals surface area contributed by atoms with Crippen LogP contribution in [0.15, 0.2) is 24.3 Å². The number of rotatable bonds is 8. The van der Waals surface area contributed by atoms with Crippen LogP contribution in [0.4, 0.5) is 4.39 Å². The molecule has 1 aromatic rings. The molecule has 1 saturated heterocycles. The molecule has 0 aliphatic carbocycles. The molecule has 0 radical (unpaired) electrons. The molecular weight excluding hydrogens is 376 g/mol. The summed E-state index contributed by atoms with van der Waals surface area (Å²) in [5, 5.41) is 0. The van der Waals surface area contributed by atoms with Crippen molar-refractivity contribution in [1.82, 2.24) is 9.80 Å². The fourth-order valence-corrected chi connectivity index (χ4v) is 3.16. The number of hydrogen-bond acceptors (Lipinski definition) is 3. The molecule has 1 fully saturated rings. The van der Waals surface area contributed by atoms with Gasteiger partial charge in [0.25, 0.3) is 0 Å². The van der Waals surface area contributed by atoms with Gasteiger partial charge in [0.15, 0.2) is 0 Å². The summed E-state index contributed by atoms with van der Waals surface area (Å²) in [6, 6.07) is 6.69. The van der Waals surface area contributed by atoms with Gasteiger partial charge in [0.2, 0.25) is 5.91 Å². The van der Waals surface area contributed by atoms with Gasteiger partial charge in [-0.05, 0) is 43.5 Å². The minimum absolute atomic E-state index is 0. The van der Waals surface area contributed by atoms with E-state index in [1.54, 1.807) is 0 Å². The van der Waals surface area contributed by atoms with Crippen molar-refractivity contribution in [3.63, 3.8) is 0 Å². The zero-order valence-electron chi connectivity index (χ0n) is 15.4. The van der Waals surface area contributed by atoms with Crippen molar-refractivity contribution in [2.45, 2.75) is 45.1 Å². The van der Waals surface area contributed by atoms with Gasteiger partial charge in [0.1, 0.15) is 5.82 Å². The maximum Gasteiger partial charge on any atom is 0.222 e. The van der Waals surface area contributed by atoms with E-state index in [2.05, 4.69) is 4.90 Å². The molecule has 1 heterocycles. The predicted molar refractivity (Wildman–Crippen MR) is 110 cm³/mol. The molecule has 0 bridgehead atoms. The molecule has 7 heteroatoms. The predicted octanol–water partition coefficient (Wildman–Crippen LogP) is 3.61. The molecule has 1 aromatic carbocycles. The van der Waals surface area contributed by atoms with Gasteiger partial charge in [-0.25, -0.2) is 4.39 Å². The number of nitrogens with zero attached hydrogens (tertiary/aromatic N) is 2. The number of benzene rings is 1. The Morgan fingerprint density at radius 3 is 2.35 bits per heavy atom. The van der Waals surface area contributed by atoms with Crippen LogP contribution in [0, 0.1) is 5.82 Å². The van der Waals surface area contributed by atoms with Crippen molar-refractivity contribution in [1.29, 1.82) is 0 Å². The summed E-state index contributed by atoms with van der Waals surface area (Å²) in [5.41, 5.74) is 6.60. The Kier molecular flexibility index (Phi) is 13.7. The van der Waals surface area contributed by atoms with Crippen LogP contribution in [0.1, 0.15) is 44.1 Å². The third kappa shape index (κ3) is 9.17. The van der Waals surface area contributed by atoms with Crippen molar-refractivity contribution in [2.75, 3.05) is 32.7 Å². The van der Waals surface area contributed by atoms with Gasteiger partial charge < -0.3 is 10.6 Å². The van der Waals surface area contributed by atoms with Gasteiger partial charge in [-0.3, -0.25) is 9.69 Å². The quantitative estimate of drug-likeness (QED) is 0.669. The molecule has 0 spiro atoms. The maximum atomic E-state index is 13.0. The molecule has 4 nitrogen and oxygen atoms in total. The van der Waals surface area contributed by atoms with Crippen molar-refractivity contribution >= 4 is 30.7 Å². The maximum absolute atomic E-state index is 13.0. The molecule has 150 valence electrons. The van der Waals surface area contributed by atoms with E-state index in [4.69, 9.17) is 5.73 Å². The Balaban J connectivity index is 0.00000312. The van der Waals surface area contributed by atoms with E-state index in [0.717, 1.165) is 76.9 Å². The van der Waals surface area contributed by atoms with E-state index < -0.39 is 0 Å². The summed E-state index contributed by atoms with van der Waals surface area (Å²) in [5.74, 6) is 0.0873. The summed E-state index contributed by atoms with van der Waals surface area (Å²) in [6.07, 6.45) is 5.89. The zero-order valence-corrected chi connectivity index (χ0v) is 17.0. The topological polar surface area (TPSA) is 49.6 Å². The van der Waals surface area contributed by atoms with Crippen LogP contribution < -0.4 is 5.73 Å². The molecule has 0 aromatic heterocycles. The minimum Gasteiger partial charge on any atom is -0.341 e. The van der Waals surface area contributed by atoms with E-state index in [0.29, 0.717) is 6.42 Å². The number of hydrogen-bond donors (Lipinski definition) is 1. The van der Waals surface area contributed by atoms with Crippen molar-refractivity contribution in [3.05, 3.63) is 35.6 Å². The second-order valence-corrected chi connectivity index (χ2v) is 6.59. The van der Waals surface area contributed by atoms with Gasteiger partial charge in [0, 0.05) is 39.1 Å². The fraction of sp³-hybridized carbons (Fsp3) is 0.632. The molecule has 1 aliphatic rings. The molecule has 1 aliphatic heterocycles. The smallest absolute Gasteiger partial charge is 0.222 e. The highest BCUT2D eigenvalue weighted by Gasteiger charge is 2.18. The Morgan fingerprint density at radius 2 is 1.65 bits per heavy atom. The van der Waals surface area contributed by atoms with Crippen LogP contribution in [-0.2, 0) is 11.3 Å². The summed E-state index contributed by atoms with van der Waals surface area (Å²) in [4.78, 5) is 16.7. The molecule has 0 unspecified atom stereocenters. The first-order valence-corrected chi connectivity index (χ1v) is 9.13. The summed E-state index contributed by atoms with van der Waals surface area (Å²) in [7, 11) is 0. The number of unbranched alkanes of at least 4 members (excludes halogenated alkanes) is 3. The third-order valence-corrected chi connectivity index (χ3v) is 4.61. The largest absolute Gasteiger partial charge is 0.341 e. The normalized spacial score (nSPS) is 14.9. The standard InChI is InChI=1S/C19H30FN3O.2ClH/c20-18-9-7-17(8-10-18)16-22-12-5-13-23(15-14-22)19(24)6-3-1-2-4-11-21;;/h7-10H,1-6,11-16,21H2;2*1H. The van der Waals surface area contributed by atoms with Gasteiger partial charge in [-0.1, -0.05) is 25.0 Å². The van der Waals surface area contributed by atoms with E-state index >= 15 is 0 Å². The minimum atomic E-state index is -0.196. The van der Waals surface area contributed by atoms with Crippen LogP contribution in [0.3, 0.4) is 0 Å². The van der Waals surface area contributed by atoms with Crippen LogP contribution >= 0.6 is 24.8 Å². The van der Waals surface area contributed by atoms with E-state index in [1.165, 1.54) is 12.1 Å². The number of carbonyl (C=O) groups is 1. The molecule has 2 N–H and O–H groups in total. The average molecular weight is 408 g/mol. The highest BCUT2D eigenvalue weighted by atomic mass is 35.5. The Bertz CT molecular complexity index is 502. The highest BCUT2D eigenvalue weighted by molar-refractivity contribution is 5.85. The van der Waals surface area contributed by atoms with Gasteiger partial charge >= 0.3 is 0 Å².